The molecular weight excluding hydrogens is 378 g/mol. The third-order valence-corrected chi connectivity index (χ3v) is 6.60. The van der Waals surface area contributed by atoms with Crippen LogP contribution in [0.1, 0.15) is 44.5 Å². The van der Waals surface area contributed by atoms with Gasteiger partial charge < -0.3 is 10.2 Å². The van der Waals surface area contributed by atoms with Crippen molar-refractivity contribution in [1.29, 1.82) is 0 Å². The predicted molar refractivity (Wildman–Crippen MR) is 108 cm³/mol. The van der Waals surface area contributed by atoms with Gasteiger partial charge in [0.2, 0.25) is 15.9 Å². The molecule has 1 aromatic rings. The monoisotopic (exact) mass is 409 g/mol. The fourth-order valence-electron chi connectivity index (χ4n) is 3.60. The van der Waals surface area contributed by atoms with Crippen LogP contribution in [0.3, 0.4) is 0 Å². The molecule has 1 aliphatic rings. The van der Waals surface area contributed by atoms with E-state index in [1.165, 1.54) is 33.5 Å². The number of carbonyl (C=O) groups is 2. The number of benzene rings is 1. The summed E-state index contributed by atoms with van der Waals surface area (Å²) in [6, 6.07) is 5.94. The Morgan fingerprint density at radius 2 is 1.68 bits per heavy atom. The quantitative estimate of drug-likeness (QED) is 0.778. The van der Waals surface area contributed by atoms with E-state index in [0.717, 1.165) is 6.42 Å². The van der Waals surface area contributed by atoms with Gasteiger partial charge in [0.15, 0.2) is 0 Å². The number of rotatable bonds is 6. The van der Waals surface area contributed by atoms with E-state index in [1.54, 1.807) is 7.05 Å². The van der Waals surface area contributed by atoms with Crippen molar-refractivity contribution in [1.82, 2.24) is 14.5 Å². The van der Waals surface area contributed by atoms with Crippen molar-refractivity contribution in [3.8, 4) is 0 Å². The Balaban J connectivity index is 2.09. The molecule has 0 radical (unpaired) electrons. The topological polar surface area (TPSA) is 86.8 Å². The highest BCUT2D eigenvalue weighted by atomic mass is 32.2. The Morgan fingerprint density at radius 3 is 2.18 bits per heavy atom. The highest BCUT2D eigenvalue weighted by Crippen LogP contribution is 2.26. The summed E-state index contributed by atoms with van der Waals surface area (Å²) in [6.45, 7) is 8.80. The molecule has 0 unspecified atom stereocenters. The van der Waals surface area contributed by atoms with Crippen LogP contribution >= 0.6 is 0 Å². The van der Waals surface area contributed by atoms with Gasteiger partial charge in [0.05, 0.1) is 11.4 Å². The molecule has 0 aliphatic carbocycles. The van der Waals surface area contributed by atoms with Crippen molar-refractivity contribution in [2.75, 3.05) is 26.7 Å². The van der Waals surface area contributed by atoms with Crippen LogP contribution in [0.25, 0.3) is 0 Å². The summed E-state index contributed by atoms with van der Waals surface area (Å²) < 4.78 is 27.4. The molecule has 0 bridgehead atoms. The van der Waals surface area contributed by atoms with E-state index in [2.05, 4.69) is 19.2 Å². The lowest BCUT2D eigenvalue weighted by atomic mass is 9.94. The maximum absolute atomic E-state index is 12.9. The van der Waals surface area contributed by atoms with E-state index in [4.69, 9.17) is 0 Å². The first kappa shape index (κ1) is 22.4. The largest absolute Gasteiger partial charge is 0.352 e. The molecule has 1 N–H and O–H groups in total. The standard InChI is InChI=1S/C20H31N3O4S/c1-14(2)21-19(24)13-22(5)20(25)17-6-8-18(9-7-17)28(26,27)23-11-15(3)10-16(4)12-23/h6-9,14-16H,10-13H2,1-5H3,(H,21,24)/t15-,16+. The summed E-state index contributed by atoms with van der Waals surface area (Å²) in [7, 11) is -2.03. The lowest BCUT2D eigenvalue weighted by Crippen LogP contribution is -2.42. The number of amides is 2. The van der Waals surface area contributed by atoms with E-state index in [0.29, 0.717) is 30.5 Å². The second kappa shape index (κ2) is 9.05. The van der Waals surface area contributed by atoms with Crippen LogP contribution < -0.4 is 5.32 Å². The minimum atomic E-state index is -3.58. The highest BCUT2D eigenvalue weighted by Gasteiger charge is 2.31. The Hall–Kier alpha value is -1.93. The van der Waals surface area contributed by atoms with Crippen LogP contribution in [0.15, 0.2) is 29.2 Å². The first-order chi connectivity index (χ1) is 13.0. The van der Waals surface area contributed by atoms with Crippen LogP contribution in [-0.2, 0) is 14.8 Å². The molecule has 1 saturated heterocycles. The van der Waals surface area contributed by atoms with Gasteiger partial charge in [-0.15, -0.1) is 0 Å². The van der Waals surface area contributed by atoms with Gasteiger partial charge in [0.1, 0.15) is 0 Å². The summed E-state index contributed by atoms with van der Waals surface area (Å²) in [4.78, 5) is 25.8. The summed E-state index contributed by atoms with van der Waals surface area (Å²) >= 11 is 0. The molecule has 0 spiro atoms. The molecule has 0 saturated carbocycles. The van der Waals surface area contributed by atoms with E-state index < -0.39 is 10.0 Å². The summed E-state index contributed by atoms with van der Waals surface area (Å²) in [6.07, 6.45) is 1.02. The van der Waals surface area contributed by atoms with Crippen LogP contribution in [0, 0.1) is 11.8 Å². The average molecular weight is 410 g/mol. The number of carbonyl (C=O) groups excluding carboxylic acids is 2. The Morgan fingerprint density at radius 1 is 1.14 bits per heavy atom. The van der Waals surface area contributed by atoms with Gasteiger partial charge in [-0.05, 0) is 56.4 Å². The van der Waals surface area contributed by atoms with Gasteiger partial charge in [0.25, 0.3) is 5.91 Å². The van der Waals surface area contributed by atoms with Crippen molar-refractivity contribution in [2.45, 2.75) is 45.1 Å². The van der Waals surface area contributed by atoms with Gasteiger partial charge in [-0.1, -0.05) is 13.8 Å². The molecule has 2 rings (SSSR count). The van der Waals surface area contributed by atoms with Crippen LogP contribution in [0.4, 0.5) is 0 Å². The first-order valence-electron chi connectivity index (χ1n) is 9.65. The molecule has 156 valence electrons. The highest BCUT2D eigenvalue weighted by molar-refractivity contribution is 7.89. The maximum Gasteiger partial charge on any atom is 0.254 e. The lowest BCUT2D eigenvalue weighted by molar-refractivity contribution is -0.122. The fourth-order valence-corrected chi connectivity index (χ4v) is 5.28. The zero-order valence-corrected chi connectivity index (χ0v) is 18.1. The number of hydrogen-bond acceptors (Lipinski definition) is 4. The number of piperidine rings is 1. The molecule has 1 aromatic carbocycles. The third kappa shape index (κ3) is 5.54. The average Bonchev–Trinajstić information content (AvgIpc) is 2.59. The number of nitrogens with zero attached hydrogens (tertiary/aromatic N) is 2. The minimum absolute atomic E-state index is 0.000663. The predicted octanol–water partition coefficient (Wildman–Crippen LogP) is 1.95. The second-order valence-electron chi connectivity index (χ2n) is 8.18. The van der Waals surface area contributed by atoms with Gasteiger partial charge in [-0.25, -0.2) is 8.42 Å². The number of sulfonamides is 1. The van der Waals surface area contributed by atoms with Gasteiger partial charge in [-0.3, -0.25) is 9.59 Å². The van der Waals surface area contributed by atoms with Gasteiger partial charge in [0, 0.05) is 31.7 Å². The van der Waals surface area contributed by atoms with Crippen LogP contribution in [0.5, 0.6) is 0 Å². The van der Waals surface area contributed by atoms with Crippen molar-refractivity contribution in [2.24, 2.45) is 11.8 Å². The summed E-state index contributed by atoms with van der Waals surface area (Å²) in [5.74, 6) is 0.0801. The molecule has 1 fully saturated rings. The molecule has 8 heteroatoms. The molecule has 28 heavy (non-hydrogen) atoms. The van der Waals surface area contributed by atoms with Crippen LogP contribution in [-0.4, -0.2) is 62.2 Å². The maximum atomic E-state index is 12.9. The van der Waals surface area contributed by atoms with E-state index in [-0.39, 0.29) is 29.3 Å². The van der Waals surface area contributed by atoms with E-state index in [9.17, 15) is 18.0 Å². The third-order valence-electron chi connectivity index (χ3n) is 4.75. The van der Waals surface area contributed by atoms with E-state index >= 15 is 0 Å². The SMILES string of the molecule is CC(C)NC(=O)CN(C)C(=O)c1ccc(S(=O)(=O)N2C[C@H](C)C[C@H](C)C2)cc1. The number of hydrogen-bond donors (Lipinski definition) is 1. The van der Waals surface area contributed by atoms with Crippen molar-refractivity contribution < 1.29 is 18.0 Å². The van der Waals surface area contributed by atoms with E-state index in [1.807, 2.05) is 13.8 Å². The van der Waals surface area contributed by atoms with Gasteiger partial charge in [-0.2, -0.15) is 4.31 Å². The molecule has 7 nitrogen and oxygen atoms in total. The second-order valence-corrected chi connectivity index (χ2v) is 10.1. The zero-order chi connectivity index (χ0) is 21.1. The van der Waals surface area contributed by atoms with Crippen LogP contribution in [0.2, 0.25) is 0 Å². The molecular formula is C20H31N3O4S. The smallest absolute Gasteiger partial charge is 0.254 e. The minimum Gasteiger partial charge on any atom is -0.352 e. The normalized spacial score (nSPS) is 20.8. The fraction of sp³-hybridized carbons (Fsp3) is 0.600. The van der Waals surface area contributed by atoms with Crippen molar-refractivity contribution >= 4 is 21.8 Å². The Bertz CT molecular complexity index is 795. The summed E-state index contributed by atoms with van der Waals surface area (Å²) in [5, 5.41) is 2.73. The van der Waals surface area contributed by atoms with Crippen molar-refractivity contribution in [3.63, 3.8) is 0 Å². The molecule has 1 heterocycles. The first-order valence-corrected chi connectivity index (χ1v) is 11.1. The molecule has 1 aliphatic heterocycles. The molecule has 2 atom stereocenters. The summed E-state index contributed by atoms with van der Waals surface area (Å²) in [5.41, 5.74) is 0.346. The Labute approximate surface area is 168 Å². The zero-order valence-electron chi connectivity index (χ0n) is 17.3. The van der Waals surface area contributed by atoms with Crippen molar-refractivity contribution in [3.05, 3.63) is 29.8 Å². The van der Waals surface area contributed by atoms with Gasteiger partial charge >= 0.3 is 0 Å². The molecule has 0 aromatic heterocycles. The number of nitrogens with one attached hydrogen (secondary N) is 1. The Kier molecular flexibility index (Phi) is 7.22. The molecule has 2 amide bonds. The lowest BCUT2D eigenvalue weighted by Gasteiger charge is -2.34. The number of likely N-dealkylation sites (N-methyl/N-ethyl adjacent to an activating group) is 1.